The van der Waals surface area contributed by atoms with Crippen LogP contribution in [0, 0.1) is 0 Å². The van der Waals surface area contributed by atoms with E-state index in [2.05, 4.69) is 29.7 Å². The molecule has 26 heavy (non-hydrogen) atoms. The van der Waals surface area contributed by atoms with Crippen molar-refractivity contribution in [3.63, 3.8) is 0 Å². The molecule has 0 saturated carbocycles. The summed E-state index contributed by atoms with van der Waals surface area (Å²) in [5.74, 6) is 0.235. The summed E-state index contributed by atoms with van der Waals surface area (Å²) < 4.78 is 0. The van der Waals surface area contributed by atoms with Gasteiger partial charge in [0, 0.05) is 30.9 Å². The van der Waals surface area contributed by atoms with E-state index in [0.717, 1.165) is 0 Å². The predicted molar refractivity (Wildman–Crippen MR) is 106 cm³/mol. The monoisotopic (exact) mass is 353 g/mol. The summed E-state index contributed by atoms with van der Waals surface area (Å²) in [7, 11) is 0. The van der Waals surface area contributed by atoms with E-state index in [1.165, 1.54) is 5.56 Å². The Morgan fingerprint density at radius 2 is 1.58 bits per heavy atom. The first-order valence-electron chi connectivity index (χ1n) is 9.04. The third-order valence-electron chi connectivity index (χ3n) is 4.38. The number of amides is 3. The van der Waals surface area contributed by atoms with Gasteiger partial charge in [-0.1, -0.05) is 37.3 Å². The maximum atomic E-state index is 12.3. The standard InChI is InChI=1S/C21H27N3O2/c1-4-24(5-2)20(25)18-11-13-19(14-12-18)23-21(26)22-15-16(3)17-9-7-6-8-10-17/h6-14,16H,4-5,15H2,1-3H3,(H2,22,23,26)/t16-/m0/s1. The van der Waals surface area contributed by atoms with Gasteiger partial charge in [-0.15, -0.1) is 0 Å². The van der Waals surface area contributed by atoms with Crippen molar-refractivity contribution in [3.05, 3.63) is 65.7 Å². The summed E-state index contributed by atoms with van der Waals surface area (Å²) in [6, 6.07) is 16.8. The number of nitrogens with one attached hydrogen (secondary N) is 2. The number of urea groups is 1. The second kappa shape index (κ2) is 9.61. The number of carbonyl (C=O) groups is 2. The van der Waals surface area contributed by atoms with Gasteiger partial charge >= 0.3 is 6.03 Å². The van der Waals surface area contributed by atoms with E-state index in [1.807, 2.05) is 32.0 Å². The summed E-state index contributed by atoms with van der Waals surface area (Å²) >= 11 is 0. The van der Waals surface area contributed by atoms with Crippen LogP contribution in [0.4, 0.5) is 10.5 Å². The lowest BCUT2D eigenvalue weighted by molar-refractivity contribution is 0.0773. The summed E-state index contributed by atoms with van der Waals surface area (Å²) in [5, 5.41) is 5.68. The highest BCUT2D eigenvalue weighted by atomic mass is 16.2. The van der Waals surface area contributed by atoms with E-state index >= 15 is 0 Å². The first-order chi connectivity index (χ1) is 12.5. The van der Waals surface area contributed by atoms with Crippen LogP contribution < -0.4 is 10.6 Å². The second-order valence-electron chi connectivity index (χ2n) is 6.20. The molecule has 0 aliphatic heterocycles. The Bertz CT molecular complexity index is 710. The lowest BCUT2D eigenvalue weighted by Gasteiger charge is -2.18. The average Bonchev–Trinajstić information content (AvgIpc) is 2.68. The SMILES string of the molecule is CCN(CC)C(=O)c1ccc(NC(=O)NC[C@H](C)c2ccccc2)cc1. The van der Waals surface area contributed by atoms with Gasteiger partial charge in [-0.25, -0.2) is 4.79 Å². The zero-order valence-corrected chi connectivity index (χ0v) is 15.7. The number of hydrogen-bond acceptors (Lipinski definition) is 2. The van der Waals surface area contributed by atoms with Crippen molar-refractivity contribution in [2.45, 2.75) is 26.7 Å². The normalized spacial score (nSPS) is 11.5. The Balaban J connectivity index is 1.86. The molecule has 0 heterocycles. The predicted octanol–water partition coefficient (Wildman–Crippen LogP) is 4.09. The van der Waals surface area contributed by atoms with Crippen molar-refractivity contribution in [2.75, 3.05) is 25.0 Å². The molecule has 0 unspecified atom stereocenters. The number of rotatable bonds is 7. The molecule has 0 bridgehead atoms. The minimum Gasteiger partial charge on any atom is -0.339 e. The van der Waals surface area contributed by atoms with E-state index in [1.54, 1.807) is 29.2 Å². The third-order valence-corrected chi connectivity index (χ3v) is 4.38. The molecule has 0 aliphatic rings. The van der Waals surface area contributed by atoms with Crippen molar-refractivity contribution in [1.29, 1.82) is 0 Å². The quantitative estimate of drug-likeness (QED) is 0.787. The molecule has 0 fully saturated rings. The molecule has 0 aliphatic carbocycles. The van der Waals surface area contributed by atoms with E-state index in [0.29, 0.717) is 30.9 Å². The van der Waals surface area contributed by atoms with Gasteiger partial charge in [0.05, 0.1) is 0 Å². The highest BCUT2D eigenvalue weighted by Gasteiger charge is 2.12. The minimum absolute atomic E-state index is 0.00249. The fourth-order valence-corrected chi connectivity index (χ4v) is 2.71. The molecule has 0 spiro atoms. The van der Waals surface area contributed by atoms with Crippen LogP contribution in [-0.2, 0) is 0 Å². The Hall–Kier alpha value is -2.82. The highest BCUT2D eigenvalue weighted by molar-refractivity contribution is 5.95. The van der Waals surface area contributed by atoms with Crippen LogP contribution in [0.5, 0.6) is 0 Å². The number of hydrogen-bond donors (Lipinski definition) is 2. The summed E-state index contributed by atoms with van der Waals surface area (Å²) in [5.41, 5.74) is 2.47. The molecule has 5 heteroatoms. The summed E-state index contributed by atoms with van der Waals surface area (Å²) in [6.45, 7) is 7.89. The van der Waals surface area contributed by atoms with Crippen molar-refractivity contribution < 1.29 is 9.59 Å². The van der Waals surface area contributed by atoms with Gasteiger partial charge < -0.3 is 15.5 Å². The molecule has 0 radical (unpaired) electrons. The molecule has 3 amide bonds. The summed E-state index contributed by atoms with van der Waals surface area (Å²) in [6.07, 6.45) is 0. The van der Waals surface area contributed by atoms with Gasteiger partial charge in [-0.2, -0.15) is 0 Å². The van der Waals surface area contributed by atoms with Crippen LogP contribution in [0.3, 0.4) is 0 Å². The first-order valence-corrected chi connectivity index (χ1v) is 9.04. The fourth-order valence-electron chi connectivity index (χ4n) is 2.71. The van der Waals surface area contributed by atoms with Crippen LogP contribution in [0.2, 0.25) is 0 Å². The zero-order chi connectivity index (χ0) is 18.9. The lowest BCUT2D eigenvalue weighted by atomic mass is 10.0. The molecule has 0 saturated heterocycles. The Morgan fingerprint density at radius 3 is 2.15 bits per heavy atom. The van der Waals surface area contributed by atoms with Crippen LogP contribution in [0.25, 0.3) is 0 Å². The van der Waals surface area contributed by atoms with E-state index in [9.17, 15) is 9.59 Å². The van der Waals surface area contributed by atoms with Crippen LogP contribution >= 0.6 is 0 Å². The Kier molecular flexibility index (Phi) is 7.21. The average molecular weight is 353 g/mol. The molecule has 5 nitrogen and oxygen atoms in total. The molecular weight excluding hydrogens is 326 g/mol. The molecule has 1 atom stereocenters. The van der Waals surface area contributed by atoms with Crippen molar-refractivity contribution in [3.8, 4) is 0 Å². The smallest absolute Gasteiger partial charge is 0.319 e. The highest BCUT2D eigenvalue weighted by Crippen LogP contribution is 2.14. The topological polar surface area (TPSA) is 61.4 Å². The van der Waals surface area contributed by atoms with Gasteiger partial charge in [-0.05, 0) is 49.6 Å². The molecule has 2 aromatic carbocycles. The van der Waals surface area contributed by atoms with Gasteiger partial charge in [0.1, 0.15) is 0 Å². The Labute approximate surface area is 155 Å². The van der Waals surface area contributed by atoms with Gasteiger partial charge in [-0.3, -0.25) is 4.79 Å². The maximum Gasteiger partial charge on any atom is 0.319 e. The number of anilines is 1. The fraction of sp³-hybridized carbons (Fsp3) is 0.333. The minimum atomic E-state index is -0.254. The molecule has 0 aromatic heterocycles. The van der Waals surface area contributed by atoms with E-state index in [-0.39, 0.29) is 17.9 Å². The molecular formula is C21H27N3O2. The molecule has 2 N–H and O–H groups in total. The second-order valence-corrected chi connectivity index (χ2v) is 6.20. The zero-order valence-electron chi connectivity index (χ0n) is 15.7. The number of benzene rings is 2. The Morgan fingerprint density at radius 1 is 0.962 bits per heavy atom. The van der Waals surface area contributed by atoms with Crippen LogP contribution in [0.15, 0.2) is 54.6 Å². The van der Waals surface area contributed by atoms with Gasteiger partial charge in [0.15, 0.2) is 0 Å². The maximum absolute atomic E-state index is 12.3. The van der Waals surface area contributed by atoms with E-state index < -0.39 is 0 Å². The molecule has 2 rings (SSSR count). The largest absolute Gasteiger partial charge is 0.339 e. The third kappa shape index (κ3) is 5.34. The van der Waals surface area contributed by atoms with Gasteiger partial charge in [0.25, 0.3) is 5.91 Å². The van der Waals surface area contributed by atoms with Crippen LogP contribution in [-0.4, -0.2) is 36.5 Å². The van der Waals surface area contributed by atoms with Crippen LogP contribution in [0.1, 0.15) is 42.6 Å². The van der Waals surface area contributed by atoms with Crippen molar-refractivity contribution in [2.24, 2.45) is 0 Å². The number of carbonyl (C=O) groups excluding carboxylic acids is 2. The van der Waals surface area contributed by atoms with E-state index in [4.69, 9.17) is 0 Å². The van der Waals surface area contributed by atoms with Crippen molar-refractivity contribution in [1.82, 2.24) is 10.2 Å². The molecule has 138 valence electrons. The van der Waals surface area contributed by atoms with Gasteiger partial charge in [0.2, 0.25) is 0 Å². The number of nitrogens with zero attached hydrogens (tertiary/aromatic N) is 1. The summed E-state index contributed by atoms with van der Waals surface area (Å²) in [4.78, 5) is 26.1. The van der Waals surface area contributed by atoms with Crippen molar-refractivity contribution >= 4 is 17.6 Å². The first kappa shape index (κ1) is 19.5. The lowest BCUT2D eigenvalue weighted by Crippen LogP contribution is -2.32. The molecule has 2 aromatic rings.